The van der Waals surface area contributed by atoms with E-state index >= 15 is 0 Å². The van der Waals surface area contributed by atoms with Gasteiger partial charge in [-0.2, -0.15) is 0 Å². The van der Waals surface area contributed by atoms with Crippen LogP contribution in [-0.2, 0) is 4.74 Å². The lowest BCUT2D eigenvalue weighted by Crippen LogP contribution is -2.42. The summed E-state index contributed by atoms with van der Waals surface area (Å²) in [4.78, 5) is 4.26. The summed E-state index contributed by atoms with van der Waals surface area (Å²) < 4.78 is 5.61. The zero-order chi connectivity index (χ0) is 12.6. The molecule has 0 radical (unpaired) electrons. The van der Waals surface area contributed by atoms with E-state index in [0.717, 1.165) is 38.1 Å². The fraction of sp³-hybridized carbons (Fsp3) is 0.929. The van der Waals surface area contributed by atoms with Crippen molar-refractivity contribution in [1.29, 1.82) is 0 Å². The quantitative estimate of drug-likeness (QED) is 0.308. The second kappa shape index (κ2) is 9.80. The number of guanidine groups is 1. The molecule has 0 saturated heterocycles. The first kappa shape index (κ1) is 17.0. The third-order valence-corrected chi connectivity index (χ3v) is 3.73. The molecule has 0 aromatic rings. The van der Waals surface area contributed by atoms with Crippen LogP contribution in [0.25, 0.3) is 0 Å². The number of hydrogen-bond donors (Lipinski definition) is 2. The van der Waals surface area contributed by atoms with Crippen LogP contribution < -0.4 is 10.6 Å². The third-order valence-electron chi connectivity index (χ3n) is 3.73. The number of ether oxygens (including phenoxy) is 1. The molecule has 0 amide bonds. The Bertz CT molecular complexity index is 263. The molecular weight excluding hydrogens is 353 g/mol. The number of nitrogens with zero attached hydrogens (tertiary/aromatic N) is 1. The normalized spacial score (nSPS) is 20.2. The van der Waals surface area contributed by atoms with E-state index in [2.05, 4.69) is 15.6 Å². The molecule has 0 atom stereocenters. The lowest BCUT2D eigenvalue weighted by atomic mass is 10.2. The van der Waals surface area contributed by atoms with E-state index in [1.165, 1.54) is 38.5 Å². The molecule has 0 heterocycles. The van der Waals surface area contributed by atoms with Crippen molar-refractivity contribution in [2.24, 2.45) is 10.9 Å². The summed E-state index contributed by atoms with van der Waals surface area (Å²) >= 11 is 0. The van der Waals surface area contributed by atoms with Crippen molar-refractivity contribution in [3.8, 4) is 0 Å². The molecule has 2 rings (SSSR count). The second-order valence-electron chi connectivity index (χ2n) is 5.50. The topological polar surface area (TPSA) is 45.7 Å². The highest BCUT2D eigenvalue weighted by atomic mass is 127. The summed E-state index contributed by atoms with van der Waals surface area (Å²) in [6, 6.07) is 0.627. The summed E-state index contributed by atoms with van der Waals surface area (Å²) in [6.07, 6.45) is 9.06. The Balaban J connectivity index is 0.00000180. The third kappa shape index (κ3) is 7.34. The fourth-order valence-electron chi connectivity index (χ4n) is 2.37. The Labute approximate surface area is 134 Å². The predicted octanol–water partition coefficient (Wildman–Crippen LogP) is 2.53. The highest BCUT2D eigenvalue weighted by molar-refractivity contribution is 14.0. The van der Waals surface area contributed by atoms with Gasteiger partial charge >= 0.3 is 0 Å². The fourth-order valence-corrected chi connectivity index (χ4v) is 2.37. The minimum absolute atomic E-state index is 0. The molecule has 0 aromatic carbocycles. The van der Waals surface area contributed by atoms with E-state index in [1.54, 1.807) is 0 Å². The standard InChI is InChI=1S/C14H27N3O.HI/c1-15-14(17-13-5-2-3-6-13)16-9-4-10-18-11-12-7-8-12;/h12-13H,2-11H2,1H3,(H2,15,16,17);1H. The summed E-state index contributed by atoms with van der Waals surface area (Å²) in [5, 5.41) is 6.84. The van der Waals surface area contributed by atoms with Crippen LogP contribution >= 0.6 is 24.0 Å². The lowest BCUT2D eigenvalue weighted by Gasteiger charge is -2.16. The molecule has 5 heteroatoms. The molecule has 2 N–H and O–H groups in total. The van der Waals surface area contributed by atoms with E-state index in [-0.39, 0.29) is 24.0 Å². The van der Waals surface area contributed by atoms with Crippen LogP contribution in [0.5, 0.6) is 0 Å². The van der Waals surface area contributed by atoms with Crippen LogP contribution in [-0.4, -0.2) is 38.8 Å². The summed E-state index contributed by atoms with van der Waals surface area (Å²) in [6.45, 7) is 2.77. The number of aliphatic imine (C=N–C) groups is 1. The second-order valence-corrected chi connectivity index (χ2v) is 5.50. The van der Waals surface area contributed by atoms with Crippen LogP contribution in [0.2, 0.25) is 0 Å². The molecule has 4 nitrogen and oxygen atoms in total. The smallest absolute Gasteiger partial charge is 0.191 e. The lowest BCUT2D eigenvalue weighted by molar-refractivity contribution is 0.123. The van der Waals surface area contributed by atoms with Crippen LogP contribution in [0.4, 0.5) is 0 Å². The molecule has 19 heavy (non-hydrogen) atoms. The molecular formula is C14H28IN3O. The summed E-state index contributed by atoms with van der Waals surface area (Å²) in [5.41, 5.74) is 0. The SMILES string of the molecule is CN=C(NCCCOCC1CC1)NC1CCCC1.I. The van der Waals surface area contributed by atoms with Crippen LogP contribution in [0.15, 0.2) is 4.99 Å². The van der Waals surface area contributed by atoms with Crippen molar-refractivity contribution in [2.45, 2.75) is 51.0 Å². The van der Waals surface area contributed by atoms with E-state index in [4.69, 9.17) is 4.74 Å². The minimum atomic E-state index is 0. The number of nitrogens with one attached hydrogen (secondary N) is 2. The Morgan fingerprint density at radius 1 is 1.21 bits per heavy atom. The highest BCUT2D eigenvalue weighted by Gasteiger charge is 2.20. The molecule has 2 aliphatic rings. The van der Waals surface area contributed by atoms with E-state index in [0.29, 0.717) is 6.04 Å². The van der Waals surface area contributed by atoms with Gasteiger partial charge in [0.2, 0.25) is 0 Å². The van der Waals surface area contributed by atoms with Gasteiger partial charge in [-0.05, 0) is 38.0 Å². The van der Waals surface area contributed by atoms with Crippen molar-refractivity contribution >= 4 is 29.9 Å². The average Bonchev–Trinajstić information content (AvgIpc) is 3.07. The average molecular weight is 381 g/mol. The predicted molar refractivity (Wildman–Crippen MR) is 90.3 cm³/mol. The molecule has 0 spiro atoms. The first-order valence-electron chi connectivity index (χ1n) is 7.43. The van der Waals surface area contributed by atoms with Gasteiger partial charge in [0.15, 0.2) is 5.96 Å². The van der Waals surface area contributed by atoms with Crippen molar-refractivity contribution in [2.75, 3.05) is 26.8 Å². The first-order chi connectivity index (χ1) is 8.88. The largest absolute Gasteiger partial charge is 0.381 e. The highest BCUT2D eigenvalue weighted by Crippen LogP contribution is 2.28. The summed E-state index contributed by atoms with van der Waals surface area (Å²) in [7, 11) is 1.84. The van der Waals surface area contributed by atoms with E-state index < -0.39 is 0 Å². The van der Waals surface area contributed by atoms with Gasteiger partial charge in [0, 0.05) is 32.8 Å². The molecule has 2 saturated carbocycles. The minimum Gasteiger partial charge on any atom is -0.381 e. The van der Waals surface area contributed by atoms with Gasteiger partial charge in [-0.25, -0.2) is 0 Å². The van der Waals surface area contributed by atoms with Crippen molar-refractivity contribution in [3.05, 3.63) is 0 Å². The van der Waals surface area contributed by atoms with Gasteiger partial charge in [0.1, 0.15) is 0 Å². The molecule has 0 unspecified atom stereocenters. The Morgan fingerprint density at radius 2 is 1.95 bits per heavy atom. The van der Waals surface area contributed by atoms with Crippen molar-refractivity contribution in [3.63, 3.8) is 0 Å². The number of rotatable bonds is 7. The zero-order valence-corrected chi connectivity index (χ0v) is 14.3. The Morgan fingerprint density at radius 3 is 2.58 bits per heavy atom. The molecule has 2 fully saturated rings. The molecule has 2 aliphatic carbocycles. The van der Waals surface area contributed by atoms with Gasteiger partial charge in [-0.1, -0.05) is 12.8 Å². The molecule has 112 valence electrons. The maximum Gasteiger partial charge on any atom is 0.191 e. The van der Waals surface area contributed by atoms with Crippen molar-refractivity contribution < 1.29 is 4.74 Å². The van der Waals surface area contributed by atoms with Gasteiger partial charge in [0.25, 0.3) is 0 Å². The van der Waals surface area contributed by atoms with Crippen LogP contribution in [0, 0.1) is 5.92 Å². The molecule has 0 aliphatic heterocycles. The van der Waals surface area contributed by atoms with Crippen LogP contribution in [0.1, 0.15) is 44.9 Å². The van der Waals surface area contributed by atoms with Gasteiger partial charge < -0.3 is 15.4 Å². The van der Waals surface area contributed by atoms with Crippen molar-refractivity contribution in [1.82, 2.24) is 10.6 Å². The van der Waals surface area contributed by atoms with Crippen LogP contribution in [0.3, 0.4) is 0 Å². The maximum atomic E-state index is 5.61. The van der Waals surface area contributed by atoms with E-state index in [9.17, 15) is 0 Å². The monoisotopic (exact) mass is 381 g/mol. The number of halogens is 1. The number of hydrogen-bond acceptors (Lipinski definition) is 2. The van der Waals surface area contributed by atoms with Gasteiger partial charge in [-0.15, -0.1) is 24.0 Å². The Kier molecular flexibility index (Phi) is 8.77. The summed E-state index contributed by atoms with van der Waals surface area (Å²) in [5.74, 6) is 1.82. The van der Waals surface area contributed by atoms with Gasteiger partial charge in [-0.3, -0.25) is 4.99 Å². The molecule has 0 aromatic heterocycles. The Hall–Kier alpha value is -0.0400. The zero-order valence-electron chi connectivity index (χ0n) is 12.0. The first-order valence-corrected chi connectivity index (χ1v) is 7.43. The van der Waals surface area contributed by atoms with E-state index in [1.807, 2.05) is 7.05 Å². The maximum absolute atomic E-state index is 5.61. The molecule has 0 bridgehead atoms. The van der Waals surface area contributed by atoms with Gasteiger partial charge in [0.05, 0.1) is 0 Å².